The van der Waals surface area contributed by atoms with E-state index in [0.717, 1.165) is 33.8 Å². The van der Waals surface area contributed by atoms with E-state index in [9.17, 15) is 4.79 Å². The molecule has 128 valence electrons. The first kappa shape index (κ1) is 18.0. The number of benzene rings is 2. The van der Waals surface area contributed by atoms with Gasteiger partial charge in [-0.3, -0.25) is 4.79 Å². The highest BCUT2D eigenvalue weighted by Gasteiger charge is 2.08. The molecule has 0 aliphatic rings. The lowest BCUT2D eigenvalue weighted by molar-refractivity contribution is -0.140. The van der Waals surface area contributed by atoms with Crippen LogP contribution in [0.25, 0.3) is 0 Å². The standard InChI is InChI=1S/C20H25NO3/c1-13-9-17(15(3)21)12-19(10-13)24-18-7-5-16(14(2)11-18)6-8-20(22)23-4/h5,7,9-12,15H,6,8,21H2,1-4H3. The van der Waals surface area contributed by atoms with E-state index in [1.54, 1.807) is 0 Å². The van der Waals surface area contributed by atoms with E-state index in [1.165, 1.54) is 7.11 Å². The van der Waals surface area contributed by atoms with Gasteiger partial charge in [-0.25, -0.2) is 0 Å². The van der Waals surface area contributed by atoms with Crippen molar-refractivity contribution >= 4 is 5.97 Å². The van der Waals surface area contributed by atoms with E-state index >= 15 is 0 Å². The second-order valence-electron chi connectivity index (χ2n) is 6.13. The van der Waals surface area contributed by atoms with E-state index < -0.39 is 0 Å². The molecule has 0 saturated carbocycles. The zero-order valence-corrected chi connectivity index (χ0v) is 14.8. The average molecular weight is 327 g/mol. The normalized spacial score (nSPS) is 11.9. The number of ether oxygens (including phenoxy) is 2. The molecule has 24 heavy (non-hydrogen) atoms. The molecule has 0 aliphatic heterocycles. The maximum absolute atomic E-state index is 11.3. The van der Waals surface area contributed by atoms with Crippen molar-refractivity contribution in [3.63, 3.8) is 0 Å². The van der Waals surface area contributed by atoms with Crippen molar-refractivity contribution in [1.82, 2.24) is 0 Å². The minimum absolute atomic E-state index is 0.0327. The summed E-state index contributed by atoms with van der Waals surface area (Å²) in [5.41, 5.74) is 10.3. The molecule has 1 atom stereocenters. The topological polar surface area (TPSA) is 61.5 Å². The van der Waals surface area contributed by atoms with E-state index in [1.807, 2.05) is 51.1 Å². The number of methoxy groups -OCH3 is 1. The van der Waals surface area contributed by atoms with Crippen molar-refractivity contribution in [2.75, 3.05) is 7.11 Å². The Kier molecular flexibility index (Phi) is 5.99. The number of rotatable bonds is 6. The summed E-state index contributed by atoms with van der Waals surface area (Å²) in [4.78, 5) is 11.3. The Balaban J connectivity index is 2.13. The number of hydrogen-bond donors (Lipinski definition) is 1. The van der Waals surface area contributed by atoms with Gasteiger partial charge in [-0.15, -0.1) is 0 Å². The molecule has 0 aromatic heterocycles. The second kappa shape index (κ2) is 7.97. The lowest BCUT2D eigenvalue weighted by atomic mass is 10.0. The van der Waals surface area contributed by atoms with Crippen LogP contribution in [0.1, 0.15) is 41.6 Å². The summed E-state index contributed by atoms with van der Waals surface area (Å²) >= 11 is 0. The van der Waals surface area contributed by atoms with Crippen LogP contribution < -0.4 is 10.5 Å². The molecule has 1 unspecified atom stereocenters. The fourth-order valence-electron chi connectivity index (χ4n) is 2.59. The molecule has 0 saturated heterocycles. The van der Waals surface area contributed by atoms with Crippen molar-refractivity contribution in [2.24, 2.45) is 5.73 Å². The molecule has 0 radical (unpaired) electrons. The minimum atomic E-state index is -0.196. The summed E-state index contributed by atoms with van der Waals surface area (Å²) in [6.07, 6.45) is 1.05. The summed E-state index contributed by atoms with van der Waals surface area (Å²) in [5.74, 6) is 1.36. The third-order valence-corrected chi connectivity index (χ3v) is 3.97. The van der Waals surface area contributed by atoms with Crippen LogP contribution in [0.2, 0.25) is 0 Å². The summed E-state index contributed by atoms with van der Waals surface area (Å²) in [6.45, 7) is 6.00. The van der Waals surface area contributed by atoms with Gasteiger partial charge in [0.1, 0.15) is 11.5 Å². The first-order chi connectivity index (χ1) is 11.4. The van der Waals surface area contributed by atoms with Gasteiger partial charge in [0.2, 0.25) is 0 Å². The van der Waals surface area contributed by atoms with Gasteiger partial charge in [-0.1, -0.05) is 12.1 Å². The number of nitrogens with two attached hydrogens (primary N) is 1. The van der Waals surface area contributed by atoms with Crippen LogP contribution in [0.5, 0.6) is 11.5 Å². The minimum Gasteiger partial charge on any atom is -0.469 e. The Labute approximate surface area is 143 Å². The lowest BCUT2D eigenvalue weighted by Gasteiger charge is -2.13. The Morgan fingerprint density at radius 2 is 1.88 bits per heavy atom. The van der Waals surface area contributed by atoms with Gasteiger partial charge in [0.05, 0.1) is 7.11 Å². The average Bonchev–Trinajstić information content (AvgIpc) is 2.53. The molecular weight excluding hydrogens is 302 g/mol. The molecule has 4 nitrogen and oxygen atoms in total. The van der Waals surface area contributed by atoms with E-state index in [2.05, 4.69) is 10.8 Å². The summed E-state index contributed by atoms with van der Waals surface area (Å²) in [7, 11) is 1.41. The molecule has 0 aliphatic carbocycles. The quantitative estimate of drug-likeness (QED) is 0.807. The van der Waals surface area contributed by atoms with Crippen LogP contribution in [0.15, 0.2) is 36.4 Å². The van der Waals surface area contributed by atoms with Gasteiger partial charge in [-0.2, -0.15) is 0 Å². The zero-order chi connectivity index (χ0) is 17.7. The highest BCUT2D eigenvalue weighted by Crippen LogP contribution is 2.27. The van der Waals surface area contributed by atoms with Gasteiger partial charge in [0, 0.05) is 12.5 Å². The largest absolute Gasteiger partial charge is 0.469 e. The fraction of sp³-hybridized carbons (Fsp3) is 0.350. The van der Waals surface area contributed by atoms with Gasteiger partial charge >= 0.3 is 5.97 Å². The highest BCUT2D eigenvalue weighted by molar-refractivity contribution is 5.69. The molecule has 4 heteroatoms. The van der Waals surface area contributed by atoms with Crippen molar-refractivity contribution in [1.29, 1.82) is 0 Å². The van der Waals surface area contributed by atoms with Crippen LogP contribution in [0.4, 0.5) is 0 Å². The molecule has 0 amide bonds. The Hall–Kier alpha value is -2.33. The van der Waals surface area contributed by atoms with Crippen molar-refractivity contribution in [3.05, 3.63) is 58.7 Å². The van der Waals surface area contributed by atoms with E-state index in [-0.39, 0.29) is 12.0 Å². The Bertz CT molecular complexity index is 723. The lowest BCUT2D eigenvalue weighted by Crippen LogP contribution is -2.05. The van der Waals surface area contributed by atoms with Crippen LogP contribution in [0, 0.1) is 13.8 Å². The fourth-order valence-corrected chi connectivity index (χ4v) is 2.59. The molecule has 2 aromatic carbocycles. The SMILES string of the molecule is COC(=O)CCc1ccc(Oc2cc(C)cc(C(C)N)c2)cc1C. The van der Waals surface area contributed by atoms with Crippen LogP contribution in [0.3, 0.4) is 0 Å². The predicted octanol–water partition coefficient (Wildman–Crippen LogP) is 4.22. The molecule has 2 rings (SSSR count). The molecule has 0 heterocycles. The van der Waals surface area contributed by atoms with Gasteiger partial charge in [0.15, 0.2) is 0 Å². The third kappa shape index (κ3) is 4.83. The number of carbonyl (C=O) groups excluding carboxylic acids is 1. The summed E-state index contributed by atoms with van der Waals surface area (Å²) in [6, 6.07) is 11.9. The monoisotopic (exact) mass is 327 g/mol. The summed E-state index contributed by atoms with van der Waals surface area (Å²) < 4.78 is 10.7. The molecule has 0 spiro atoms. The number of aryl methyl sites for hydroxylation is 3. The van der Waals surface area contributed by atoms with Crippen molar-refractivity contribution in [3.8, 4) is 11.5 Å². The molecule has 0 fully saturated rings. The molecular formula is C20H25NO3. The van der Waals surface area contributed by atoms with Crippen LogP contribution >= 0.6 is 0 Å². The smallest absolute Gasteiger partial charge is 0.305 e. The first-order valence-corrected chi connectivity index (χ1v) is 8.10. The first-order valence-electron chi connectivity index (χ1n) is 8.10. The molecule has 2 aromatic rings. The Morgan fingerprint density at radius 1 is 1.12 bits per heavy atom. The predicted molar refractivity (Wildman–Crippen MR) is 95.4 cm³/mol. The Morgan fingerprint density at radius 3 is 2.50 bits per heavy atom. The maximum atomic E-state index is 11.3. The molecule has 0 bridgehead atoms. The number of hydrogen-bond acceptors (Lipinski definition) is 4. The van der Waals surface area contributed by atoms with E-state index in [0.29, 0.717) is 12.8 Å². The van der Waals surface area contributed by atoms with Gasteiger partial charge in [0.25, 0.3) is 0 Å². The van der Waals surface area contributed by atoms with Gasteiger partial charge in [-0.05, 0) is 73.7 Å². The maximum Gasteiger partial charge on any atom is 0.305 e. The van der Waals surface area contributed by atoms with Crippen LogP contribution in [-0.2, 0) is 16.0 Å². The van der Waals surface area contributed by atoms with E-state index in [4.69, 9.17) is 10.5 Å². The number of carbonyl (C=O) groups is 1. The highest BCUT2D eigenvalue weighted by atomic mass is 16.5. The number of esters is 1. The zero-order valence-electron chi connectivity index (χ0n) is 14.8. The third-order valence-electron chi connectivity index (χ3n) is 3.97. The molecule has 2 N–H and O–H groups in total. The van der Waals surface area contributed by atoms with Crippen molar-refractivity contribution < 1.29 is 14.3 Å². The second-order valence-corrected chi connectivity index (χ2v) is 6.13. The van der Waals surface area contributed by atoms with Crippen molar-refractivity contribution in [2.45, 2.75) is 39.7 Å². The van der Waals surface area contributed by atoms with Gasteiger partial charge < -0.3 is 15.2 Å². The van der Waals surface area contributed by atoms with Crippen LogP contribution in [-0.4, -0.2) is 13.1 Å². The summed E-state index contributed by atoms with van der Waals surface area (Å²) in [5, 5.41) is 0.